The molecule has 1 amide bonds. The van der Waals surface area contributed by atoms with Gasteiger partial charge in [0.25, 0.3) is 5.91 Å². The minimum Gasteiger partial charge on any atom is -0.465 e. The van der Waals surface area contributed by atoms with Gasteiger partial charge in [-0.3, -0.25) is 4.79 Å². The number of methoxy groups -OCH3 is 1. The summed E-state index contributed by atoms with van der Waals surface area (Å²) in [7, 11) is 1.31. The zero-order valence-electron chi connectivity index (χ0n) is 16.2. The summed E-state index contributed by atoms with van der Waals surface area (Å²) in [6.45, 7) is 1.86. The molecule has 0 atom stereocenters. The number of thiophene rings is 1. The second-order valence-electron chi connectivity index (χ2n) is 6.60. The third-order valence-electron chi connectivity index (χ3n) is 4.75. The van der Waals surface area contributed by atoms with Crippen LogP contribution in [0.3, 0.4) is 0 Å². The second-order valence-corrected chi connectivity index (χ2v) is 7.95. The molecule has 2 heterocycles. The molecule has 150 valence electrons. The molecule has 4 aromatic rings. The standard InChI is InChI=1S/C23H17ClN2O3S/c1-13-19(22(27)26-18-10-11-30-21(18)23(28)29-2)16-8-3-4-9-17(16)25-20(13)14-6-5-7-15(24)12-14/h3-12H,1-2H3,(H,26,27). The Morgan fingerprint density at radius 2 is 1.90 bits per heavy atom. The maximum absolute atomic E-state index is 13.3. The van der Waals surface area contributed by atoms with Crippen LogP contribution in [0.4, 0.5) is 5.69 Å². The van der Waals surface area contributed by atoms with Crippen molar-refractivity contribution in [3.05, 3.63) is 81.0 Å². The maximum atomic E-state index is 13.3. The molecular weight excluding hydrogens is 420 g/mol. The van der Waals surface area contributed by atoms with E-state index in [-0.39, 0.29) is 5.91 Å². The third-order valence-corrected chi connectivity index (χ3v) is 5.87. The van der Waals surface area contributed by atoms with Crippen molar-refractivity contribution in [1.29, 1.82) is 0 Å². The zero-order valence-corrected chi connectivity index (χ0v) is 17.8. The van der Waals surface area contributed by atoms with Crippen LogP contribution in [-0.2, 0) is 4.74 Å². The minimum absolute atomic E-state index is 0.321. The molecule has 0 bridgehead atoms. The highest BCUT2D eigenvalue weighted by Crippen LogP contribution is 2.32. The first-order valence-corrected chi connectivity index (χ1v) is 10.4. The number of carbonyl (C=O) groups excluding carboxylic acids is 2. The molecule has 0 spiro atoms. The van der Waals surface area contributed by atoms with Gasteiger partial charge >= 0.3 is 5.97 Å². The van der Waals surface area contributed by atoms with E-state index in [1.165, 1.54) is 18.4 Å². The van der Waals surface area contributed by atoms with Crippen LogP contribution in [0.1, 0.15) is 25.6 Å². The zero-order chi connectivity index (χ0) is 21.3. The van der Waals surface area contributed by atoms with Crippen molar-refractivity contribution in [2.75, 3.05) is 12.4 Å². The smallest absolute Gasteiger partial charge is 0.350 e. The lowest BCUT2D eigenvalue weighted by atomic mass is 9.97. The number of ether oxygens (including phenoxy) is 1. The topological polar surface area (TPSA) is 68.3 Å². The summed E-state index contributed by atoms with van der Waals surface area (Å²) in [4.78, 5) is 30.4. The van der Waals surface area contributed by atoms with Crippen LogP contribution in [0.2, 0.25) is 5.02 Å². The summed E-state index contributed by atoms with van der Waals surface area (Å²) in [5.41, 5.74) is 3.84. The van der Waals surface area contributed by atoms with Crippen molar-refractivity contribution in [2.24, 2.45) is 0 Å². The molecule has 5 nitrogen and oxygen atoms in total. The summed E-state index contributed by atoms with van der Waals surface area (Å²) < 4.78 is 4.80. The maximum Gasteiger partial charge on any atom is 0.350 e. The van der Waals surface area contributed by atoms with E-state index in [0.29, 0.717) is 32.4 Å². The number of halogens is 1. The molecular formula is C23H17ClN2O3S. The first-order chi connectivity index (χ1) is 14.5. The van der Waals surface area contributed by atoms with Crippen LogP contribution in [0, 0.1) is 6.92 Å². The number of fused-ring (bicyclic) bond motifs is 1. The minimum atomic E-state index is -0.490. The molecule has 0 radical (unpaired) electrons. The highest BCUT2D eigenvalue weighted by molar-refractivity contribution is 7.12. The molecule has 2 aromatic carbocycles. The van der Waals surface area contributed by atoms with Gasteiger partial charge in [0.05, 0.1) is 29.6 Å². The lowest BCUT2D eigenvalue weighted by molar-refractivity contribution is 0.0607. The summed E-state index contributed by atoms with van der Waals surface area (Å²) in [5.74, 6) is -0.811. The average Bonchev–Trinajstić information content (AvgIpc) is 3.20. The van der Waals surface area contributed by atoms with Gasteiger partial charge in [-0.2, -0.15) is 0 Å². The van der Waals surface area contributed by atoms with E-state index in [4.69, 9.17) is 21.3 Å². The van der Waals surface area contributed by atoms with Crippen molar-refractivity contribution in [3.63, 3.8) is 0 Å². The number of esters is 1. The molecule has 0 aliphatic carbocycles. The number of benzene rings is 2. The quantitative estimate of drug-likeness (QED) is 0.400. The molecule has 0 unspecified atom stereocenters. The van der Waals surface area contributed by atoms with Crippen LogP contribution in [0.25, 0.3) is 22.2 Å². The van der Waals surface area contributed by atoms with E-state index in [2.05, 4.69) is 5.32 Å². The largest absolute Gasteiger partial charge is 0.465 e. The van der Waals surface area contributed by atoms with Gasteiger partial charge in [-0.05, 0) is 42.1 Å². The van der Waals surface area contributed by atoms with Crippen molar-refractivity contribution < 1.29 is 14.3 Å². The summed E-state index contributed by atoms with van der Waals surface area (Å²) >= 11 is 7.39. The van der Waals surface area contributed by atoms with Crippen LogP contribution in [0.15, 0.2) is 60.0 Å². The van der Waals surface area contributed by atoms with Gasteiger partial charge in [0, 0.05) is 16.0 Å². The van der Waals surface area contributed by atoms with Crippen LogP contribution in [0.5, 0.6) is 0 Å². The molecule has 7 heteroatoms. The van der Waals surface area contributed by atoms with E-state index in [1.54, 1.807) is 17.5 Å². The Morgan fingerprint density at radius 3 is 2.67 bits per heavy atom. The van der Waals surface area contributed by atoms with Crippen molar-refractivity contribution in [2.45, 2.75) is 6.92 Å². The molecule has 0 aliphatic rings. The number of aromatic nitrogens is 1. The molecule has 2 aromatic heterocycles. The van der Waals surface area contributed by atoms with Crippen molar-refractivity contribution in [1.82, 2.24) is 4.98 Å². The number of rotatable bonds is 4. The van der Waals surface area contributed by atoms with Gasteiger partial charge in [-0.25, -0.2) is 9.78 Å². The molecule has 0 fully saturated rings. The molecule has 30 heavy (non-hydrogen) atoms. The Labute approximate surface area is 182 Å². The molecule has 4 rings (SSSR count). The average molecular weight is 437 g/mol. The highest BCUT2D eigenvalue weighted by atomic mass is 35.5. The number of hydrogen-bond acceptors (Lipinski definition) is 5. The number of hydrogen-bond donors (Lipinski definition) is 1. The molecule has 0 aliphatic heterocycles. The van der Waals surface area contributed by atoms with Gasteiger partial charge in [0.15, 0.2) is 0 Å². The number of nitrogens with zero attached hydrogens (tertiary/aromatic N) is 1. The number of anilines is 1. The van der Waals surface area contributed by atoms with E-state index < -0.39 is 5.97 Å². The van der Waals surface area contributed by atoms with E-state index >= 15 is 0 Å². The van der Waals surface area contributed by atoms with Gasteiger partial charge in [-0.1, -0.05) is 41.9 Å². The Bertz CT molecular complexity index is 1280. The SMILES string of the molecule is COC(=O)c1sccc1NC(=O)c1c(C)c(-c2cccc(Cl)c2)nc2ccccc12. The first kappa shape index (κ1) is 20.1. The Balaban J connectivity index is 1.86. The predicted octanol–water partition coefficient (Wildman–Crippen LogP) is 5.96. The summed E-state index contributed by atoms with van der Waals surface area (Å²) in [6, 6.07) is 16.5. The first-order valence-electron chi connectivity index (χ1n) is 9.12. The monoisotopic (exact) mass is 436 g/mol. The third kappa shape index (κ3) is 3.67. The summed E-state index contributed by atoms with van der Waals surface area (Å²) in [5, 5.41) is 5.92. The van der Waals surface area contributed by atoms with E-state index in [1.807, 2.05) is 49.4 Å². The molecule has 0 saturated carbocycles. The fourth-order valence-corrected chi connectivity index (χ4v) is 4.32. The second kappa shape index (κ2) is 8.26. The van der Waals surface area contributed by atoms with Crippen LogP contribution >= 0.6 is 22.9 Å². The van der Waals surface area contributed by atoms with Crippen LogP contribution < -0.4 is 5.32 Å². The number of pyridine rings is 1. The Morgan fingerprint density at radius 1 is 1.10 bits per heavy atom. The normalized spacial score (nSPS) is 10.8. The van der Waals surface area contributed by atoms with E-state index in [9.17, 15) is 9.59 Å². The molecule has 0 saturated heterocycles. The number of carbonyl (C=O) groups is 2. The lowest BCUT2D eigenvalue weighted by Crippen LogP contribution is -2.16. The van der Waals surface area contributed by atoms with Crippen molar-refractivity contribution in [3.8, 4) is 11.3 Å². The fraction of sp³-hybridized carbons (Fsp3) is 0.0870. The van der Waals surface area contributed by atoms with Gasteiger partial charge in [0.2, 0.25) is 0 Å². The summed E-state index contributed by atoms with van der Waals surface area (Å²) in [6.07, 6.45) is 0. The van der Waals surface area contributed by atoms with Crippen molar-refractivity contribution >= 4 is 51.4 Å². The fourth-order valence-electron chi connectivity index (χ4n) is 3.36. The lowest BCUT2D eigenvalue weighted by Gasteiger charge is -2.15. The number of para-hydroxylation sites is 1. The Hall–Kier alpha value is -3.22. The Kier molecular flexibility index (Phi) is 5.53. The number of nitrogens with one attached hydrogen (secondary N) is 1. The van der Waals surface area contributed by atoms with Gasteiger partial charge < -0.3 is 10.1 Å². The predicted molar refractivity (Wildman–Crippen MR) is 121 cm³/mol. The molecule has 1 N–H and O–H groups in total. The van der Waals surface area contributed by atoms with Gasteiger partial charge in [0.1, 0.15) is 4.88 Å². The van der Waals surface area contributed by atoms with E-state index in [0.717, 1.165) is 16.5 Å². The van der Waals surface area contributed by atoms with Crippen LogP contribution in [-0.4, -0.2) is 24.0 Å². The highest BCUT2D eigenvalue weighted by Gasteiger charge is 2.22. The van der Waals surface area contributed by atoms with Gasteiger partial charge in [-0.15, -0.1) is 11.3 Å². The number of amides is 1.